The fourth-order valence-corrected chi connectivity index (χ4v) is 3.65. The summed E-state index contributed by atoms with van der Waals surface area (Å²) in [7, 11) is 0. The highest BCUT2D eigenvalue weighted by Crippen LogP contribution is 2.23. The topological polar surface area (TPSA) is 46.1 Å². The molecule has 0 spiro atoms. The van der Waals surface area contributed by atoms with Gasteiger partial charge in [-0.2, -0.15) is 0 Å². The van der Waals surface area contributed by atoms with Crippen LogP contribution in [0.1, 0.15) is 28.8 Å². The van der Waals surface area contributed by atoms with Crippen LogP contribution in [0.3, 0.4) is 0 Å². The average Bonchev–Trinajstić information content (AvgIpc) is 2.68. The van der Waals surface area contributed by atoms with Crippen LogP contribution in [-0.2, 0) is 6.42 Å². The molecule has 0 radical (unpaired) electrons. The number of aromatic nitrogens is 2. The van der Waals surface area contributed by atoms with Crippen molar-refractivity contribution in [1.29, 1.82) is 0 Å². The SMILES string of the molecule is O=C(c1ccncc1)N1CCC[C@@H](Cc2cnc3ccccc3c2)C1. The van der Waals surface area contributed by atoms with E-state index in [2.05, 4.69) is 22.1 Å². The summed E-state index contributed by atoms with van der Waals surface area (Å²) in [5, 5.41) is 1.18. The third kappa shape index (κ3) is 3.53. The van der Waals surface area contributed by atoms with Crippen LogP contribution in [0, 0.1) is 5.92 Å². The van der Waals surface area contributed by atoms with Gasteiger partial charge in [0, 0.05) is 42.6 Å². The third-order valence-corrected chi connectivity index (χ3v) is 4.90. The number of piperidine rings is 1. The molecule has 0 bridgehead atoms. The summed E-state index contributed by atoms with van der Waals surface area (Å²) >= 11 is 0. The van der Waals surface area contributed by atoms with Crippen LogP contribution in [0.15, 0.2) is 61.1 Å². The van der Waals surface area contributed by atoms with Crippen molar-refractivity contribution in [2.75, 3.05) is 13.1 Å². The van der Waals surface area contributed by atoms with Gasteiger partial charge < -0.3 is 4.90 Å². The second-order valence-electron chi connectivity index (χ2n) is 6.74. The lowest BCUT2D eigenvalue weighted by Crippen LogP contribution is -2.40. The van der Waals surface area contributed by atoms with Crippen molar-refractivity contribution >= 4 is 16.8 Å². The van der Waals surface area contributed by atoms with Gasteiger partial charge in [-0.3, -0.25) is 14.8 Å². The molecule has 25 heavy (non-hydrogen) atoms. The summed E-state index contributed by atoms with van der Waals surface area (Å²) in [5.74, 6) is 0.603. The van der Waals surface area contributed by atoms with Crippen LogP contribution in [0.2, 0.25) is 0 Å². The molecular weight excluding hydrogens is 310 g/mol. The molecule has 0 N–H and O–H groups in total. The minimum atomic E-state index is 0.115. The second-order valence-corrected chi connectivity index (χ2v) is 6.74. The Morgan fingerprint density at radius 2 is 2.00 bits per heavy atom. The molecule has 1 fully saturated rings. The molecule has 0 aliphatic carbocycles. The monoisotopic (exact) mass is 331 g/mol. The number of rotatable bonds is 3. The van der Waals surface area contributed by atoms with E-state index in [4.69, 9.17) is 0 Å². The van der Waals surface area contributed by atoms with Crippen molar-refractivity contribution < 1.29 is 4.79 Å². The lowest BCUT2D eigenvalue weighted by Gasteiger charge is -2.33. The van der Waals surface area contributed by atoms with E-state index in [1.54, 1.807) is 24.5 Å². The normalized spacial score (nSPS) is 17.6. The summed E-state index contributed by atoms with van der Waals surface area (Å²) in [4.78, 5) is 23.2. The Balaban J connectivity index is 1.46. The zero-order chi connectivity index (χ0) is 17.1. The van der Waals surface area contributed by atoms with Gasteiger partial charge in [0.1, 0.15) is 0 Å². The quantitative estimate of drug-likeness (QED) is 0.735. The predicted octanol–water partition coefficient (Wildman–Crippen LogP) is 3.72. The number of pyridine rings is 2. The highest BCUT2D eigenvalue weighted by Gasteiger charge is 2.24. The van der Waals surface area contributed by atoms with Gasteiger partial charge >= 0.3 is 0 Å². The number of carbonyl (C=O) groups excluding carboxylic acids is 1. The zero-order valence-corrected chi connectivity index (χ0v) is 14.1. The number of fused-ring (bicyclic) bond motifs is 1. The minimum Gasteiger partial charge on any atom is -0.338 e. The van der Waals surface area contributed by atoms with E-state index in [0.29, 0.717) is 5.92 Å². The summed E-state index contributed by atoms with van der Waals surface area (Å²) in [5.41, 5.74) is 3.01. The molecule has 126 valence electrons. The highest BCUT2D eigenvalue weighted by atomic mass is 16.2. The van der Waals surface area contributed by atoms with E-state index in [9.17, 15) is 4.79 Å². The first-order valence-corrected chi connectivity index (χ1v) is 8.82. The molecule has 1 atom stereocenters. The van der Waals surface area contributed by atoms with Crippen LogP contribution in [0.4, 0.5) is 0 Å². The molecule has 4 nitrogen and oxygen atoms in total. The van der Waals surface area contributed by atoms with Gasteiger partial charge in [0.25, 0.3) is 5.91 Å². The maximum atomic E-state index is 12.7. The summed E-state index contributed by atoms with van der Waals surface area (Å²) in [6.07, 6.45) is 8.52. The van der Waals surface area contributed by atoms with E-state index in [0.717, 1.165) is 43.4 Å². The van der Waals surface area contributed by atoms with Gasteiger partial charge in [0.05, 0.1) is 5.52 Å². The zero-order valence-electron chi connectivity index (χ0n) is 14.1. The summed E-state index contributed by atoms with van der Waals surface area (Å²) in [6, 6.07) is 14.0. The second kappa shape index (κ2) is 7.01. The lowest BCUT2D eigenvalue weighted by molar-refractivity contribution is 0.0673. The van der Waals surface area contributed by atoms with Crippen molar-refractivity contribution in [3.8, 4) is 0 Å². The van der Waals surface area contributed by atoms with E-state index in [1.807, 2.05) is 29.3 Å². The van der Waals surface area contributed by atoms with Crippen molar-refractivity contribution in [1.82, 2.24) is 14.9 Å². The van der Waals surface area contributed by atoms with Crippen molar-refractivity contribution in [3.05, 3.63) is 72.2 Å². The van der Waals surface area contributed by atoms with Crippen molar-refractivity contribution in [3.63, 3.8) is 0 Å². The Bertz CT molecular complexity index is 878. The third-order valence-electron chi connectivity index (χ3n) is 4.90. The number of benzene rings is 1. The van der Waals surface area contributed by atoms with Gasteiger partial charge in [-0.1, -0.05) is 18.2 Å². The standard InChI is InChI=1S/C21H21N3O/c25-21(18-7-9-22-10-8-18)24-11-3-4-16(15-24)12-17-13-19-5-1-2-6-20(19)23-14-17/h1-2,5-10,13-14,16H,3-4,11-12,15H2/t16-/m0/s1. The predicted molar refractivity (Wildman–Crippen MR) is 98.3 cm³/mol. The van der Waals surface area contributed by atoms with Crippen LogP contribution in [0.5, 0.6) is 0 Å². The Labute approximate surface area is 147 Å². The number of amides is 1. The van der Waals surface area contributed by atoms with Gasteiger partial charge in [0.2, 0.25) is 0 Å². The molecule has 1 aliphatic heterocycles. The molecule has 4 rings (SSSR count). The molecule has 1 aromatic carbocycles. The van der Waals surface area contributed by atoms with Crippen molar-refractivity contribution in [2.24, 2.45) is 5.92 Å². The first-order valence-electron chi connectivity index (χ1n) is 8.82. The van der Waals surface area contributed by atoms with Gasteiger partial charge in [-0.25, -0.2) is 0 Å². The number of likely N-dealkylation sites (tertiary alicyclic amines) is 1. The van der Waals surface area contributed by atoms with Gasteiger partial charge in [-0.05, 0) is 55.0 Å². The summed E-state index contributed by atoms with van der Waals surface area (Å²) < 4.78 is 0. The van der Waals surface area contributed by atoms with Gasteiger partial charge in [0.15, 0.2) is 0 Å². The van der Waals surface area contributed by atoms with Crippen LogP contribution in [0.25, 0.3) is 10.9 Å². The fraction of sp³-hybridized carbons (Fsp3) is 0.286. The first-order chi connectivity index (χ1) is 12.3. The van der Waals surface area contributed by atoms with Crippen LogP contribution < -0.4 is 0 Å². The largest absolute Gasteiger partial charge is 0.338 e. The molecule has 4 heteroatoms. The number of hydrogen-bond acceptors (Lipinski definition) is 3. The van der Waals surface area contributed by atoms with E-state index < -0.39 is 0 Å². The number of para-hydroxylation sites is 1. The lowest BCUT2D eigenvalue weighted by atomic mass is 9.91. The Morgan fingerprint density at radius 1 is 1.16 bits per heavy atom. The molecule has 1 saturated heterocycles. The molecule has 3 heterocycles. The molecule has 1 amide bonds. The Kier molecular flexibility index (Phi) is 4.42. The molecule has 0 saturated carbocycles. The molecule has 0 unspecified atom stereocenters. The fourth-order valence-electron chi connectivity index (χ4n) is 3.65. The summed E-state index contributed by atoms with van der Waals surface area (Å²) in [6.45, 7) is 1.65. The van der Waals surface area contributed by atoms with E-state index >= 15 is 0 Å². The van der Waals surface area contributed by atoms with E-state index in [1.165, 1.54) is 10.9 Å². The molecular formula is C21H21N3O. The maximum absolute atomic E-state index is 12.7. The Morgan fingerprint density at radius 3 is 2.88 bits per heavy atom. The number of carbonyl (C=O) groups is 1. The number of nitrogens with zero attached hydrogens (tertiary/aromatic N) is 3. The average molecular weight is 331 g/mol. The minimum absolute atomic E-state index is 0.115. The van der Waals surface area contributed by atoms with Crippen LogP contribution >= 0.6 is 0 Å². The molecule has 3 aromatic rings. The van der Waals surface area contributed by atoms with Crippen molar-refractivity contribution in [2.45, 2.75) is 19.3 Å². The Hall–Kier alpha value is -2.75. The highest BCUT2D eigenvalue weighted by molar-refractivity contribution is 5.94. The van der Waals surface area contributed by atoms with Gasteiger partial charge in [-0.15, -0.1) is 0 Å². The number of hydrogen-bond donors (Lipinski definition) is 0. The van der Waals surface area contributed by atoms with E-state index in [-0.39, 0.29) is 5.91 Å². The maximum Gasteiger partial charge on any atom is 0.253 e. The van der Waals surface area contributed by atoms with Crippen LogP contribution in [-0.4, -0.2) is 33.9 Å². The smallest absolute Gasteiger partial charge is 0.253 e. The first kappa shape index (κ1) is 15.8. The molecule has 1 aliphatic rings. The molecule has 2 aromatic heterocycles.